The quantitative estimate of drug-likeness (QED) is 0.239. The van der Waals surface area contributed by atoms with Crippen LogP contribution in [0.15, 0.2) is 35.6 Å². The summed E-state index contributed by atoms with van der Waals surface area (Å²) >= 11 is 0. The Morgan fingerprint density at radius 3 is 2.00 bits per heavy atom. The number of rotatable bonds is 5. The molecule has 12 heteroatoms. The Morgan fingerprint density at radius 2 is 1.58 bits per heavy atom. The van der Waals surface area contributed by atoms with E-state index in [1.165, 1.54) is 5.01 Å². The Hall–Kier alpha value is -2.76. The molecule has 0 bridgehead atoms. The predicted octanol–water partition coefficient (Wildman–Crippen LogP) is 2.04. The normalized spacial score (nSPS) is 13.3. The molecule has 0 spiro atoms. The summed E-state index contributed by atoms with van der Waals surface area (Å²) in [5.74, 6) is -1.17. The monoisotopic (exact) mass is 383 g/mol. The minimum absolute atomic E-state index is 0.0182. The van der Waals surface area contributed by atoms with Crippen molar-refractivity contribution in [1.29, 1.82) is 0 Å². The first kappa shape index (κ1) is 21.3. The molecule has 1 rings (SSSR count). The molecule has 6 nitrogen and oxygen atoms in total. The second-order valence-electron chi connectivity index (χ2n) is 5.12. The van der Waals surface area contributed by atoms with Gasteiger partial charge in [0.1, 0.15) is 0 Å². The average Bonchev–Trinajstić information content (AvgIpc) is 2.48. The van der Waals surface area contributed by atoms with E-state index in [2.05, 4.69) is 16.0 Å². The molecule has 0 atom stereocenters. The van der Waals surface area contributed by atoms with Gasteiger partial charge in [-0.15, -0.1) is 0 Å². The summed E-state index contributed by atoms with van der Waals surface area (Å²) in [5, 5.41) is 4.77. The van der Waals surface area contributed by atoms with E-state index < -0.39 is 40.8 Å². The number of amides is 1. The van der Waals surface area contributed by atoms with Crippen molar-refractivity contribution in [2.24, 2.45) is 10.8 Å². The topological polar surface area (TPSA) is 82.8 Å². The van der Waals surface area contributed by atoms with Crippen molar-refractivity contribution in [1.82, 2.24) is 15.9 Å². The number of halogens is 6. The summed E-state index contributed by atoms with van der Waals surface area (Å²) in [5.41, 5.74) is 6.32. The molecule has 26 heavy (non-hydrogen) atoms. The predicted molar refractivity (Wildman–Crippen MR) is 81.3 cm³/mol. The van der Waals surface area contributed by atoms with Crippen molar-refractivity contribution in [3.05, 3.63) is 47.2 Å². The molecular weight excluding hydrogens is 368 g/mol. The summed E-state index contributed by atoms with van der Waals surface area (Å²) in [4.78, 5) is 11.3. The van der Waals surface area contributed by atoms with Gasteiger partial charge in [-0.05, 0) is 18.2 Å². The zero-order chi connectivity index (χ0) is 20.1. The molecule has 0 saturated heterocycles. The van der Waals surface area contributed by atoms with E-state index in [-0.39, 0.29) is 6.07 Å². The highest BCUT2D eigenvalue weighted by Gasteiger charge is 2.37. The first-order valence-electron chi connectivity index (χ1n) is 6.83. The number of hydrazine groups is 1. The van der Waals surface area contributed by atoms with E-state index >= 15 is 0 Å². The smallest absolute Gasteiger partial charge is 0.382 e. The number of nitrogens with two attached hydrogens (primary N) is 1. The number of hydrogen-bond acceptors (Lipinski definition) is 4. The van der Waals surface area contributed by atoms with Crippen LogP contribution in [0.2, 0.25) is 0 Å². The summed E-state index contributed by atoms with van der Waals surface area (Å²) in [6, 6.07) is 0.867. The number of hydrogen-bond donors (Lipinski definition) is 3. The van der Waals surface area contributed by atoms with Crippen LogP contribution < -0.4 is 16.6 Å². The van der Waals surface area contributed by atoms with Crippen LogP contribution in [0.1, 0.15) is 16.7 Å². The maximum absolute atomic E-state index is 12.8. The van der Waals surface area contributed by atoms with E-state index in [1.54, 1.807) is 14.1 Å². The summed E-state index contributed by atoms with van der Waals surface area (Å²) in [6.07, 6.45) is -7.99. The van der Waals surface area contributed by atoms with Crippen LogP contribution >= 0.6 is 0 Å². The van der Waals surface area contributed by atoms with E-state index in [0.29, 0.717) is 12.1 Å². The van der Waals surface area contributed by atoms with E-state index in [0.717, 1.165) is 12.3 Å². The molecule has 0 unspecified atom stereocenters. The number of alkyl halides is 6. The van der Waals surface area contributed by atoms with Crippen molar-refractivity contribution in [2.45, 2.75) is 12.4 Å². The highest BCUT2D eigenvalue weighted by Crippen LogP contribution is 2.36. The molecule has 0 aliphatic carbocycles. The van der Waals surface area contributed by atoms with Crippen LogP contribution in [0.3, 0.4) is 0 Å². The standard InChI is InChI=1S/C14H15F6N5O/c1-25(2)24-11(26)3-4-22-23-12(21)8-5-9(13(15,16)17)7-10(6-8)14(18,19)20/h3-7,22H,1-2H3,(H2,21,23)(H,24,26)/b4-3-. The van der Waals surface area contributed by atoms with E-state index in [1.807, 2.05) is 0 Å². The van der Waals surface area contributed by atoms with Crippen molar-refractivity contribution < 1.29 is 31.1 Å². The first-order valence-corrected chi connectivity index (χ1v) is 6.83. The van der Waals surface area contributed by atoms with Crippen LogP contribution in [0, 0.1) is 0 Å². The molecule has 0 aliphatic heterocycles. The van der Waals surface area contributed by atoms with Gasteiger partial charge >= 0.3 is 12.4 Å². The van der Waals surface area contributed by atoms with Gasteiger partial charge in [0.25, 0.3) is 5.91 Å². The van der Waals surface area contributed by atoms with Gasteiger partial charge in [0, 0.05) is 31.9 Å². The first-order chi connectivity index (χ1) is 11.8. The van der Waals surface area contributed by atoms with Crippen LogP contribution in [0.5, 0.6) is 0 Å². The Labute approximate surface area is 144 Å². The molecule has 0 radical (unpaired) electrons. The minimum atomic E-state index is -4.99. The van der Waals surface area contributed by atoms with Crippen LogP contribution in [-0.4, -0.2) is 30.8 Å². The number of benzene rings is 1. The Bertz CT molecular complexity index is 677. The molecule has 0 fully saturated rings. The second-order valence-corrected chi connectivity index (χ2v) is 5.12. The molecule has 1 amide bonds. The minimum Gasteiger partial charge on any atom is -0.382 e. The van der Waals surface area contributed by atoms with Gasteiger partial charge < -0.3 is 5.73 Å². The fourth-order valence-corrected chi connectivity index (χ4v) is 1.64. The van der Waals surface area contributed by atoms with Gasteiger partial charge in [-0.2, -0.15) is 31.4 Å². The molecule has 0 aliphatic rings. The number of carbonyl (C=O) groups excluding carboxylic acids is 1. The lowest BCUT2D eigenvalue weighted by molar-refractivity contribution is -0.143. The summed E-state index contributed by atoms with van der Waals surface area (Å²) < 4.78 is 76.7. The Morgan fingerprint density at radius 1 is 1.08 bits per heavy atom. The Balaban J connectivity index is 3.05. The van der Waals surface area contributed by atoms with Crippen molar-refractivity contribution in [3.63, 3.8) is 0 Å². The van der Waals surface area contributed by atoms with Gasteiger partial charge in [-0.3, -0.25) is 15.6 Å². The molecule has 0 heterocycles. The fourth-order valence-electron chi connectivity index (χ4n) is 1.64. The maximum Gasteiger partial charge on any atom is 0.416 e. The highest BCUT2D eigenvalue weighted by atomic mass is 19.4. The second kappa shape index (κ2) is 8.08. The molecule has 1 aromatic carbocycles. The number of hydrazone groups is 1. The number of nitrogens with one attached hydrogen (secondary N) is 2. The largest absolute Gasteiger partial charge is 0.416 e. The third kappa shape index (κ3) is 6.63. The highest BCUT2D eigenvalue weighted by molar-refractivity contribution is 5.97. The molecule has 4 N–H and O–H groups in total. The Kier molecular flexibility index (Phi) is 6.61. The van der Waals surface area contributed by atoms with E-state index in [9.17, 15) is 31.1 Å². The SMILES string of the molecule is CN(C)NC(=O)/C=C\N/N=C(\N)c1cc(C(F)(F)F)cc(C(F)(F)F)c1. The summed E-state index contributed by atoms with van der Waals surface area (Å²) in [6.45, 7) is 0. The van der Waals surface area contributed by atoms with Crippen molar-refractivity contribution in [3.8, 4) is 0 Å². The molecular formula is C14H15F6N5O. The average molecular weight is 383 g/mol. The maximum atomic E-state index is 12.8. The number of nitrogens with zero attached hydrogens (tertiary/aromatic N) is 2. The molecule has 144 valence electrons. The zero-order valence-corrected chi connectivity index (χ0v) is 13.5. The van der Waals surface area contributed by atoms with E-state index in [4.69, 9.17) is 5.73 Å². The van der Waals surface area contributed by atoms with Crippen LogP contribution in [0.25, 0.3) is 0 Å². The van der Waals surface area contributed by atoms with Gasteiger partial charge in [-0.1, -0.05) is 0 Å². The lowest BCUT2D eigenvalue weighted by atomic mass is 10.0. The van der Waals surface area contributed by atoms with Gasteiger partial charge in [0.2, 0.25) is 0 Å². The lowest BCUT2D eigenvalue weighted by Gasteiger charge is -2.14. The molecule has 1 aromatic rings. The fraction of sp³-hybridized carbons (Fsp3) is 0.286. The summed E-state index contributed by atoms with van der Waals surface area (Å²) in [7, 11) is 3.11. The third-order valence-corrected chi connectivity index (χ3v) is 2.71. The molecule has 0 saturated carbocycles. The van der Waals surface area contributed by atoms with Gasteiger partial charge in [0.15, 0.2) is 5.84 Å². The van der Waals surface area contributed by atoms with Crippen LogP contribution in [-0.2, 0) is 17.1 Å². The third-order valence-electron chi connectivity index (χ3n) is 2.71. The zero-order valence-electron chi connectivity index (χ0n) is 13.5. The lowest BCUT2D eigenvalue weighted by Crippen LogP contribution is -2.35. The number of carbonyl (C=O) groups is 1. The van der Waals surface area contributed by atoms with Crippen LogP contribution in [0.4, 0.5) is 26.3 Å². The van der Waals surface area contributed by atoms with Crippen molar-refractivity contribution in [2.75, 3.05) is 14.1 Å². The molecule has 0 aromatic heterocycles. The van der Waals surface area contributed by atoms with Gasteiger partial charge in [0.05, 0.1) is 11.1 Å². The van der Waals surface area contributed by atoms with Gasteiger partial charge in [-0.25, -0.2) is 5.01 Å². The van der Waals surface area contributed by atoms with Crippen molar-refractivity contribution >= 4 is 11.7 Å². The number of amidine groups is 1.